The van der Waals surface area contributed by atoms with Crippen molar-refractivity contribution in [2.45, 2.75) is 31.2 Å². The van der Waals surface area contributed by atoms with E-state index in [1.165, 1.54) is 0 Å². The Morgan fingerprint density at radius 2 is 2.05 bits per heavy atom. The molecule has 1 aromatic carbocycles. The Labute approximate surface area is 120 Å². The van der Waals surface area contributed by atoms with Crippen LogP contribution in [0.4, 0.5) is 0 Å². The van der Waals surface area contributed by atoms with E-state index in [0.717, 1.165) is 11.1 Å². The summed E-state index contributed by atoms with van der Waals surface area (Å²) in [5.74, 6) is 0.216. The molecular weight excluding hydrogens is 286 g/mol. The van der Waals surface area contributed by atoms with Crippen LogP contribution in [0, 0.1) is 13.8 Å². The highest BCUT2D eigenvalue weighted by Crippen LogP contribution is 2.17. The summed E-state index contributed by atoms with van der Waals surface area (Å²) in [6, 6.07) is 5.03. The second kappa shape index (κ2) is 7.24. The zero-order valence-electron chi connectivity index (χ0n) is 11.4. The maximum atomic E-state index is 12.3. The number of aryl methyl sites for hydroxylation is 2. The summed E-state index contributed by atoms with van der Waals surface area (Å²) < 4.78 is 32.2. The van der Waals surface area contributed by atoms with E-state index >= 15 is 0 Å². The molecule has 108 valence electrons. The maximum Gasteiger partial charge on any atom is 0.241 e. The van der Waals surface area contributed by atoms with E-state index in [-0.39, 0.29) is 11.9 Å². The van der Waals surface area contributed by atoms with Crippen molar-refractivity contribution >= 4 is 21.6 Å². The molecule has 1 unspecified atom stereocenters. The molecule has 0 fully saturated rings. The molecular formula is C13H20ClNO3S. The van der Waals surface area contributed by atoms with Gasteiger partial charge in [-0.2, -0.15) is 0 Å². The number of hydrogen-bond acceptors (Lipinski definition) is 3. The lowest BCUT2D eigenvalue weighted by molar-refractivity contribution is 0.188. The highest BCUT2D eigenvalue weighted by atomic mass is 35.5. The van der Waals surface area contributed by atoms with E-state index in [1.807, 2.05) is 13.0 Å². The summed E-state index contributed by atoms with van der Waals surface area (Å²) in [6.07, 6.45) is 0.546. The van der Waals surface area contributed by atoms with Crippen LogP contribution in [0.15, 0.2) is 23.1 Å². The highest BCUT2D eigenvalue weighted by molar-refractivity contribution is 7.89. The molecule has 1 N–H and O–H groups in total. The summed E-state index contributed by atoms with van der Waals surface area (Å²) in [5, 5.41) is 0. The van der Waals surface area contributed by atoms with Gasteiger partial charge in [0, 0.05) is 25.6 Å². The van der Waals surface area contributed by atoms with Crippen LogP contribution in [0.25, 0.3) is 0 Å². The van der Waals surface area contributed by atoms with Crippen LogP contribution in [-0.4, -0.2) is 34.1 Å². The Morgan fingerprint density at radius 3 is 2.63 bits per heavy atom. The third-order valence-electron chi connectivity index (χ3n) is 2.81. The lowest BCUT2D eigenvalue weighted by Gasteiger charge is -2.17. The van der Waals surface area contributed by atoms with Gasteiger partial charge < -0.3 is 4.74 Å². The second-order valence-electron chi connectivity index (χ2n) is 4.52. The van der Waals surface area contributed by atoms with Crippen molar-refractivity contribution in [3.63, 3.8) is 0 Å². The van der Waals surface area contributed by atoms with Gasteiger partial charge in [0.1, 0.15) is 0 Å². The van der Waals surface area contributed by atoms with E-state index < -0.39 is 10.0 Å². The van der Waals surface area contributed by atoms with Gasteiger partial charge in [-0.1, -0.05) is 12.1 Å². The van der Waals surface area contributed by atoms with E-state index in [1.54, 1.807) is 26.2 Å². The van der Waals surface area contributed by atoms with Gasteiger partial charge in [-0.3, -0.25) is 0 Å². The fourth-order valence-electron chi connectivity index (χ4n) is 1.71. The lowest BCUT2D eigenvalue weighted by atomic mass is 10.2. The van der Waals surface area contributed by atoms with Gasteiger partial charge in [0.05, 0.1) is 4.90 Å². The predicted molar refractivity (Wildman–Crippen MR) is 77.2 cm³/mol. The average molecular weight is 306 g/mol. The highest BCUT2D eigenvalue weighted by Gasteiger charge is 2.21. The smallest absolute Gasteiger partial charge is 0.241 e. The number of hydrogen-bond donors (Lipinski definition) is 1. The number of rotatable bonds is 7. The van der Waals surface area contributed by atoms with Crippen molar-refractivity contribution in [2.24, 2.45) is 0 Å². The molecule has 0 bridgehead atoms. The number of nitrogens with one attached hydrogen (secondary N) is 1. The normalized spacial score (nSPS) is 13.5. The zero-order chi connectivity index (χ0) is 14.5. The van der Waals surface area contributed by atoms with Crippen molar-refractivity contribution in [1.82, 2.24) is 4.72 Å². The summed E-state index contributed by atoms with van der Waals surface area (Å²) in [7, 11) is -1.97. The van der Waals surface area contributed by atoms with Crippen LogP contribution in [0.5, 0.6) is 0 Å². The molecule has 0 aromatic heterocycles. The average Bonchev–Trinajstić information content (AvgIpc) is 2.37. The number of ether oxygens (including phenoxy) is 1. The number of methoxy groups -OCH3 is 1. The lowest BCUT2D eigenvalue weighted by Crippen LogP contribution is -2.37. The first-order valence-corrected chi connectivity index (χ1v) is 8.07. The zero-order valence-corrected chi connectivity index (χ0v) is 13.0. The minimum absolute atomic E-state index is 0.216. The SMILES string of the molecule is COCCC(CCl)NS(=O)(=O)c1cc(C)ccc1C. The summed E-state index contributed by atoms with van der Waals surface area (Å²) in [5.41, 5.74) is 1.63. The Balaban J connectivity index is 2.93. The molecule has 0 amide bonds. The van der Waals surface area contributed by atoms with Gasteiger partial charge in [-0.05, 0) is 37.5 Å². The number of alkyl halides is 1. The first-order chi connectivity index (χ1) is 8.90. The molecule has 1 aromatic rings. The van der Waals surface area contributed by atoms with Crippen molar-refractivity contribution in [3.05, 3.63) is 29.3 Å². The van der Waals surface area contributed by atoms with Crippen LogP contribution in [0.1, 0.15) is 17.5 Å². The standard InChI is InChI=1S/C13H20ClNO3S/c1-10-4-5-11(2)13(8-10)19(16,17)15-12(9-14)6-7-18-3/h4-5,8,12,15H,6-7,9H2,1-3H3. The Hall–Kier alpha value is -0.620. The van der Waals surface area contributed by atoms with E-state index in [0.29, 0.717) is 17.9 Å². The molecule has 1 atom stereocenters. The van der Waals surface area contributed by atoms with Crippen LogP contribution < -0.4 is 4.72 Å². The predicted octanol–water partition coefficient (Wildman–Crippen LogP) is 2.23. The van der Waals surface area contributed by atoms with E-state index in [4.69, 9.17) is 16.3 Å². The summed E-state index contributed by atoms with van der Waals surface area (Å²) in [6.45, 7) is 4.11. The molecule has 0 heterocycles. The van der Waals surface area contributed by atoms with Gasteiger partial charge in [0.2, 0.25) is 10.0 Å². The number of halogens is 1. The fourth-order valence-corrected chi connectivity index (χ4v) is 3.63. The molecule has 1 rings (SSSR count). The molecule has 19 heavy (non-hydrogen) atoms. The van der Waals surface area contributed by atoms with Crippen molar-refractivity contribution in [1.29, 1.82) is 0 Å². The van der Waals surface area contributed by atoms with Gasteiger partial charge >= 0.3 is 0 Å². The third kappa shape index (κ3) is 4.76. The molecule has 0 saturated heterocycles. The van der Waals surface area contributed by atoms with E-state index in [9.17, 15) is 8.42 Å². The molecule has 0 aliphatic heterocycles. The van der Waals surface area contributed by atoms with Crippen LogP contribution in [0.3, 0.4) is 0 Å². The third-order valence-corrected chi connectivity index (χ3v) is 4.85. The molecule has 0 aliphatic carbocycles. The van der Waals surface area contributed by atoms with Crippen molar-refractivity contribution in [3.8, 4) is 0 Å². The minimum atomic E-state index is -3.55. The van der Waals surface area contributed by atoms with Gasteiger partial charge in [-0.25, -0.2) is 13.1 Å². The Kier molecular flexibility index (Phi) is 6.26. The van der Waals surface area contributed by atoms with Gasteiger partial charge in [0.25, 0.3) is 0 Å². The molecule has 4 nitrogen and oxygen atoms in total. The van der Waals surface area contributed by atoms with Crippen LogP contribution in [-0.2, 0) is 14.8 Å². The fraction of sp³-hybridized carbons (Fsp3) is 0.538. The van der Waals surface area contributed by atoms with E-state index in [2.05, 4.69) is 4.72 Å². The first kappa shape index (κ1) is 16.4. The maximum absolute atomic E-state index is 12.3. The Bertz CT molecular complexity index is 517. The molecule has 0 saturated carbocycles. The quantitative estimate of drug-likeness (QED) is 0.786. The first-order valence-electron chi connectivity index (χ1n) is 6.05. The number of benzene rings is 1. The van der Waals surface area contributed by atoms with Crippen LogP contribution >= 0.6 is 11.6 Å². The van der Waals surface area contributed by atoms with Crippen molar-refractivity contribution in [2.75, 3.05) is 19.6 Å². The Morgan fingerprint density at radius 1 is 1.37 bits per heavy atom. The summed E-state index contributed by atoms with van der Waals surface area (Å²) >= 11 is 5.79. The minimum Gasteiger partial charge on any atom is -0.385 e. The molecule has 6 heteroatoms. The van der Waals surface area contributed by atoms with Crippen molar-refractivity contribution < 1.29 is 13.2 Å². The monoisotopic (exact) mass is 305 g/mol. The molecule has 0 aliphatic rings. The van der Waals surface area contributed by atoms with Gasteiger partial charge in [-0.15, -0.1) is 11.6 Å². The second-order valence-corrected chi connectivity index (χ2v) is 6.51. The van der Waals surface area contributed by atoms with Gasteiger partial charge in [0.15, 0.2) is 0 Å². The summed E-state index contributed by atoms with van der Waals surface area (Å²) in [4.78, 5) is 0.306. The molecule has 0 radical (unpaired) electrons. The van der Waals surface area contributed by atoms with Crippen LogP contribution in [0.2, 0.25) is 0 Å². The largest absolute Gasteiger partial charge is 0.385 e. The topological polar surface area (TPSA) is 55.4 Å². The number of sulfonamides is 1. The molecule has 0 spiro atoms.